The number of aromatic hydroxyl groups is 1. The fourth-order valence-electron chi connectivity index (χ4n) is 1.92. The minimum Gasteiger partial charge on any atom is -0.508 e. The molecule has 1 unspecified atom stereocenters. The van der Waals surface area contributed by atoms with Crippen LogP contribution in [0, 0.1) is 0 Å². The predicted molar refractivity (Wildman–Crippen MR) is 79.6 cm³/mol. The zero-order valence-corrected chi connectivity index (χ0v) is 12.2. The highest BCUT2D eigenvalue weighted by molar-refractivity contribution is 5.25. The summed E-state index contributed by atoms with van der Waals surface area (Å²) in [6.07, 6.45) is 4.32. The summed E-state index contributed by atoms with van der Waals surface area (Å²) in [4.78, 5) is 0. The number of phenols is 1. The summed E-state index contributed by atoms with van der Waals surface area (Å²) in [6.45, 7) is 7.08. The first-order valence-corrected chi connectivity index (χ1v) is 7.31. The van der Waals surface area contributed by atoms with Gasteiger partial charge in [0.25, 0.3) is 0 Å². The highest BCUT2D eigenvalue weighted by Crippen LogP contribution is 2.11. The first-order valence-electron chi connectivity index (χ1n) is 7.31. The Labute approximate surface area is 117 Å². The lowest BCUT2D eigenvalue weighted by molar-refractivity contribution is 0.131. The number of ether oxygens (including phenoxy) is 1. The second-order valence-corrected chi connectivity index (χ2v) is 5.03. The van der Waals surface area contributed by atoms with Crippen molar-refractivity contribution >= 4 is 0 Å². The van der Waals surface area contributed by atoms with Crippen LogP contribution in [0.4, 0.5) is 0 Å². The van der Waals surface area contributed by atoms with Gasteiger partial charge in [0.05, 0.1) is 0 Å². The molecule has 0 aliphatic heterocycles. The van der Waals surface area contributed by atoms with Gasteiger partial charge in [0.2, 0.25) is 0 Å². The standard InChI is InChI=1S/C16H27NO2/c1-3-12-19-13-4-11-17-14(2)5-6-15-7-9-16(18)10-8-15/h7-10,14,17-18H,3-6,11-13H2,1-2H3. The van der Waals surface area contributed by atoms with Crippen molar-refractivity contribution in [2.24, 2.45) is 0 Å². The van der Waals surface area contributed by atoms with Crippen LogP contribution in [0.15, 0.2) is 24.3 Å². The second kappa shape index (κ2) is 9.82. The molecule has 0 saturated heterocycles. The molecule has 0 saturated carbocycles. The van der Waals surface area contributed by atoms with Crippen LogP contribution in [-0.2, 0) is 11.2 Å². The molecular weight excluding hydrogens is 238 g/mol. The lowest BCUT2D eigenvalue weighted by Gasteiger charge is -2.13. The highest BCUT2D eigenvalue weighted by Gasteiger charge is 2.02. The summed E-state index contributed by atoms with van der Waals surface area (Å²) >= 11 is 0. The van der Waals surface area contributed by atoms with Crippen LogP contribution < -0.4 is 5.32 Å². The normalized spacial score (nSPS) is 12.5. The second-order valence-electron chi connectivity index (χ2n) is 5.03. The molecular formula is C16H27NO2. The molecule has 1 aromatic carbocycles. The minimum atomic E-state index is 0.335. The van der Waals surface area contributed by atoms with Crippen LogP contribution in [0.5, 0.6) is 5.75 Å². The van der Waals surface area contributed by atoms with Crippen LogP contribution in [0.2, 0.25) is 0 Å². The number of rotatable bonds is 10. The van der Waals surface area contributed by atoms with Crippen molar-refractivity contribution in [2.45, 2.75) is 45.6 Å². The van der Waals surface area contributed by atoms with Crippen LogP contribution in [0.1, 0.15) is 38.7 Å². The predicted octanol–water partition coefficient (Wildman–Crippen LogP) is 3.12. The summed E-state index contributed by atoms with van der Waals surface area (Å²) < 4.78 is 5.44. The number of aryl methyl sites for hydroxylation is 1. The van der Waals surface area contributed by atoms with Gasteiger partial charge in [-0.15, -0.1) is 0 Å². The average molecular weight is 265 g/mol. The quantitative estimate of drug-likeness (QED) is 0.639. The van der Waals surface area contributed by atoms with E-state index in [-0.39, 0.29) is 0 Å². The molecule has 3 nitrogen and oxygen atoms in total. The fourth-order valence-corrected chi connectivity index (χ4v) is 1.92. The van der Waals surface area contributed by atoms with E-state index < -0.39 is 0 Å². The lowest BCUT2D eigenvalue weighted by Crippen LogP contribution is -2.28. The Kier molecular flexibility index (Phi) is 8.26. The third-order valence-electron chi connectivity index (χ3n) is 3.11. The lowest BCUT2D eigenvalue weighted by atomic mass is 10.1. The Hall–Kier alpha value is -1.06. The molecule has 1 atom stereocenters. The molecule has 0 amide bonds. The molecule has 0 fully saturated rings. The minimum absolute atomic E-state index is 0.335. The van der Waals surface area contributed by atoms with Crippen LogP contribution >= 0.6 is 0 Å². The number of phenolic OH excluding ortho intramolecular Hbond substituents is 1. The van der Waals surface area contributed by atoms with E-state index in [1.54, 1.807) is 12.1 Å². The summed E-state index contributed by atoms with van der Waals surface area (Å²) in [5.74, 6) is 0.335. The van der Waals surface area contributed by atoms with E-state index in [9.17, 15) is 5.11 Å². The molecule has 0 spiro atoms. The topological polar surface area (TPSA) is 41.5 Å². The van der Waals surface area contributed by atoms with Crippen molar-refractivity contribution in [3.63, 3.8) is 0 Å². The molecule has 3 heteroatoms. The molecule has 1 rings (SSSR count). The van der Waals surface area contributed by atoms with Crippen molar-refractivity contribution in [3.05, 3.63) is 29.8 Å². The molecule has 0 bridgehead atoms. The SMILES string of the molecule is CCCOCCCNC(C)CCc1ccc(O)cc1. The molecule has 1 aromatic rings. The number of benzene rings is 1. The summed E-state index contributed by atoms with van der Waals surface area (Å²) in [5, 5.41) is 12.7. The molecule has 0 heterocycles. The van der Waals surface area contributed by atoms with Gasteiger partial charge in [-0.3, -0.25) is 0 Å². The van der Waals surface area contributed by atoms with E-state index >= 15 is 0 Å². The van der Waals surface area contributed by atoms with Crippen molar-refractivity contribution in [1.82, 2.24) is 5.32 Å². The Bertz CT molecular complexity index is 324. The number of hydrogen-bond acceptors (Lipinski definition) is 3. The molecule has 19 heavy (non-hydrogen) atoms. The van der Waals surface area contributed by atoms with E-state index in [1.807, 2.05) is 12.1 Å². The Morgan fingerprint density at radius 2 is 1.95 bits per heavy atom. The summed E-state index contributed by atoms with van der Waals surface area (Å²) in [5.41, 5.74) is 1.28. The van der Waals surface area contributed by atoms with Gasteiger partial charge in [-0.05, 0) is 56.8 Å². The maximum atomic E-state index is 9.21. The Balaban J connectivity index is 2.04. The largest absolute Gasteiger partial charge is 0.508 e. The molecule has 0 aliphatic carbocycles. The smallest absolute Gasteiger partial charge is 0.115 e. The maximum absolute atomic E-state index is 9.21. The van der Waals surface area contributed by atoms with Gasteiger partial charge in [-0.25, -0.2) is 0 Å². The molecule has 0 aliphatic rings. The van der Waals surface area contributed by atoms with Gasteiger partial charge in [0, 0.05) is 19.3 Å². The zero-order chi connectivity index (χ0) is 13.9. The molecule has 0 aromatic heterocycles. The van der Waals surface area contributed by atoms with E-state index in [0.29, 0.717) is 11.8 Å². The van der Waals surface area contributed by atoms with Gasteiger partial charge in [0.15, 0.2) is 0 Å². The average Bonchev–Trinajstić information content (AvgIpc) is 2.42. The first kappa shape index (κ1) is 16.0. The first-order chi connectivity index (χ1) is 9.22. The van der Waals surface area contributed by atoms with Crippen molar-refractivity contribution in [1.29, 1.82) is 0 Å². The van der Waals surface area contributed by atoms with Gasteiger partial charge >= 0.3 is 0 Å². The van der Waals surface area contributed by atoms with Gasteiger partial charge in [0.1, 0.15) is 5.75 Å². The molecule has 108 valence electrons. The third-order valence-corrected chi connectivity index (χ3v) is 3.11. The van der Waals surface area contributed by atoms with E-state index in [4.69, 9.17) is 4.74 Å². The molecule has 2 N–H and O–H groups in total. The van der Waals surface area contributed by atoms with Gasteiger partial charge in [-0.2, -0.15) is 0 Å². The zero-order valence-electron chi connectivity index (χ0n) is 12.2. The van der Waals surface area contributed by atoms with Crippen LogP contribution in [0.3, 0.4) is 0 Å². The maximum Gasteiger partial charge on any atom is 0.115 e. The van der Waals surface area contributed by atoms with Crippen molar-refractivity contribution < 1.29 is 9.84 Å². The monoisotopic (exact) mass is 265 g/mol. The van der Waals surface area contributed by atoms with Crippen molar-refractivity contribution in [2.75, 3.05) is 19.8 Å². The number of nitrogens with one attached hydrogen (secondary N) is 1. The number of hydrogen-bond donors (Lipinski definition) is 2. The summed E-state index contributed by atoms with van der Waals surface area (Å²) in [6, 6.07) is 7.98. The summed E-state index contributed by atoms with van der Waals surface area (Å²) in [7, 11) is 0. The molecule has 0 radical (unpaired) electrons. The fraction of sp³-hybridized carbons (Fsp3) is 0.625. The third kappa shape index (κ3) is 7.85. The van der Waals surface area contributed by atoms with Crippen LogP contribution in [-0.4, -0.2) is 30.9 Å². The highest BCUT2D eigenvalue weighted by atomic mass is 16.5. The van der Waals surface area contributed by atoms with E-state index in [0.717, 1.165) is 45.4 Å². The Morgan fingerprint density at radius 1 is 1.21 bits per heavy atom. The van der Waals surface area contributed by atoms with E-state index in [1.165, 1.54) is 5.56 Å². The van der Waals surface area contributed by atoms with E-state index in [2.05, 4.69) is 19.2 Å². The Morgan fingerprint density at radius 3 is 2.63 bits per heavy atom. The van der Waals surface area contributed by atoms with Crippen LogP contribution in [0.25, 0.3) is 0 Å². The van der Waals surface area contributed by atoms with Gasteiger partial charge < -0.3 is 15.2 Å². The van der Waals surface area contributed by atoms with Gasteiger partial charge in [-0.1, -0.05) is 19.1 Å². The van der Waals surface area contributed by atoms with Crippen molar-refractivity contribution in [3.8, 4) is 5.75 Å².